The monoisotopic (exact) mass is 375 g/mol. The van der Waals surface area contributed by atoms with Gasteiger partial charge in [-0.3, -0.25) is 14.9 Å². The van der Waals surface area contributed by atoms with E-state index in [2.05, 4.69) is 0 Å². The summed E-state index contributed by atoms with van der Waals surface area (Å²) in [6, 6.07) is 6.50. The number of rotatable bonds is 7. The maximum absolute atomic E-state index is 12.6. The molecule has 2 aromatic carbocycles. The minimum atomic E-state index is -0.850. The van der Waals surface area contributed by atoms with Gasteiger partial charge in [0, 0.05) is 12.1 Å². The van der Waals surface area contributed by atoms with Crippen LogP contribution in [-0.4, -0.2) is 38.0 Å². The molecule has 0 heterocycles. The molecule has 0 aliphatic heterocycles. The maximum Gasteiger partial charge on any atom is 0.343 e. The van der Waals surface area contributed by atoms with Gasteiger partial charge in [-0.15, -0.1) is 0 Å². The Morgan fingerprint density at radius 3 is 2.11 bits per heavy atom. The van der Waals surface area contributed by atoms with Gasteiger partial charge in [0.2, 0.25) is 5.75 Å². The highest BCUT2D eigenvalue weighted by Gasteiger charge is 2.24. The zero-order valence-electron chi connectivity index (χ0n) is 15.1. The third kappa shape index (κ3) is 3.97. The third-order valence-corrected chi connectivity index (χ3v) is 3.69. The molecule has 0 atom stereocenters. The molecule has 0 aliphatic rings. The summed E-state index contributed by atoms with van der Waals surface area (Å²) in [5.74, 6) is -1.05. The van der Waals surface area contributed by atoms with E-state index in [0.29, 0.717) is 0 Å². The van der Waals surface area contributed by atoms with E-state index in [1.54, 1.807) is 0 Å². The summed E-state index contributed by atoms with van der Waals surface area (Å²) in [5, 5.41) is 11.0. The molecule has 0 radical (unpaired) electrons. The Morgan fingerprint density at radius 1 is 0.926 bits per heavy atom. The molecular weight excluding hydrogens is 358 g/mol. The number of methoxy groups -OCH3 is 3. The molecule has 142 valence electrons. The molecule has 0 spiro atoms. The van der Waals surface area contributed by atoms with E-state index in [9.17, 15) is 19.7 Å². The number of nitro groups is 1. The molecule has 0 unspecified atom stereocenters. The first-order chi connectivity index (χ1) is 12.8. The number of benzene rings is 2. The summed E-state index contributed by atoms with van der Waals surface area (Å²) < 4.78 is 20.7. The van der Waals surface area contributed by atoms with Crippen LogP contribution in [0.2, 0.25) is 0 Å². The number of hydrogen-bond acceptors (Lipinski definition) is 8. The van der Waals surface area contributed by atoms with Gasteiger partial charge < -0.3 is 18.9 Å². The molecule has 0 saturated carbocycles. The van der Waals surface area contributed by atoms with E-state index in [0.717, 1.165) is 6.07 Å². The van der Waals surface area contributed by atoms with Gasteiger partial charge >= 0.3 is 11.7 Å². The number of nitrogens with zero attached hydrogens (tertiary/aromatic N) is 1. The van der Waals surface area contributed by atoms with Gasteiger partial charge in [0.25, 0.3) is 0 Å². The third-order valence-electron chi connectivity index (χ3n) is 3.69. The van der Waals surface area contributed by atoms with Gasteiger partial charge in [-0.1, -0.05) is 0 Å². The zero-order chi connectivity index (χ0) is 20.1. The predicted molar refractivity (Wildman–Crippen MR) is 94.2 cm³/mol. The molecular formula is C18H17NO8. The molecule has 9 nitrogen and oxygen atoms in total. The van der Waals surface area contributed by atoms with E-state index in [4.69, 9.17) is 18.9 Å². The lowest BCUT2D eigenvalue weighted by Gasteiger charge is -2.15. The highest BCUT2D eigenvalue weighted by Crippen LogP contribution is 2.40. The summed E-state index contributed by atoms with van der Waals surface area (Å²) in [6.45, 7) is 1.31. The fourth-order valence-electron chi connectivity index (χ4n) is 2.38. The van der Waals surface area contributed by atoms with E-state index in [-0.39, 0.29) is 45.6 Å². The van der Waals surface area contributed by atoms with Crippen LogP contribution in [-0.2, 0) is 0 Å². The first-order valence-corrected chi connectivity index (χ1v) is 7.64. The topological polar surface area (TPSA) is 114 Å². The van der Waals surface area contributed by atoms with Crippen LogP contribution in [0.15, 0.2) is 30.3 Å². The first-order valence-electron chi connectivity index (χ1n) is 7.64. The number of ether oxygens (including phenoxy) is 4. The van der Waals surface area contributed by atoms with Crippen molar-refractivity contribution < 1.29 is 33.5 Å². The maximum atomic E-state index is 12.6. The highest BCUT2D eigenvalue weighted by molar-refractivity contribution is 6.00. The van der Waals surface area contributed by atoms with Crippen LogP contribution in [0.3, 0.4) is 0 Å². The molecule has 0 N–H and O–H groups in total. The molecule has 0 bridgehead atoms. The summed E-state index contributed by atoms with van der Waals surface area (Å²) in [7, 11) is 3.99. The lowest BCUT2D eigenvalue weighted by atomic mass is 10.1. The summed E-state index contributed by atoms with van der Waals surface area (Å²) in [5.41, 5.74) is -0.177. The smallest absolute Gasteiger partial charge is 0.343 e. The lowest BCUT2D eigenvalue weighted by Crippen LogP contribution is -2.13. The standard InChI is InChI=1S/C18H17NO8/c1-10(20)12-6-8-14(24-2)17(26-4)16(12)27-18(21)11-5-7-13(19(22)23)15(9-11)25-3/h5-9H,1-4H3. The Bertz CT molecular complexity index is 906. The second-order valence-electron chi connectivity index (χ2n) is 5.27. The van der Waals surface area contributed by atoms with E-state index in [1.165, 1.54) is 52.5 Å². The van der Waals surface area contributed by atoms with Gasteiger partial charge in [0.05, 0.1) is 37.4 Å². The van der Waals surface area contributed by atoms with Crippen molar-refractivity contribution in [2.24, 2.45) is 0 Å². The Balaban J connectivity index is 2.49. The fourth-order valence-corrected chi connectivity index (χ4v) is 2.38. The second-order valence-corrected chi connectivity index (χ2v) is 5.27. The number of carbonyl (C=O) groups excluding carboxylic acids is 2. The minimum absolute atomic E-state index is 0.00294. The SMILES string of the molecule is COc1cc(C(=O)Oc2c(C(C)=O)ccc(OC)c2OC)ccc1[N+](=O)[O-]. The van der Waals surface area contributed by atoms with Crippen molar-refractivity contribution in [2.45, 2.75) is 6.92 Å². The number of nitro benzene ring substituents is 1. The summed E-state index contributed by atoms with van der Waals surface area (Å²) >= 11 is 0. The number of carbonyl (C=O) groups is 2. The van der Waals surface area contributed by atoms with Crippen molar-refractivity contribution in [3.05, 3.63) is 51.6 Å². The van der Waals surface area contributed by atoms with Crippen molar-refractivity contribution in [1.29, 1.82) is 0 Å². The summed E-state index contributed by atoms with van der Waals surface area (Å²) in [6.07, 6.45) is 0. The van der Waals surface area contributed by atoms with Crippen LogP contribution in [0.25, 0.3) is 0 Å². The van der Waals surface area contributed by atoms with Crippen molar-refractivity contribution in [3.8, 4) is 23.0 Å². The first kappa shape index (κ1) is 19.7. The van der Waals surface area contributed by atoms with Crippen molar-refractivity contribution >= 4 is 17.4 Å². The van der Waals surface area contributed by atoms with Crippen LogP contribution in [0.4, 0.5) is 5.69 Å². The summed E-state index contributed by atoms with van der Waals surface area (Å²) in [4.78, 5) is 34.8. The molecule has 0 aromatic heterocycles. The molecule has 0 fully saturated rings. The molecule has 0 amide bonds. The highest BCUT2D eigenvalue weighted by atomic mass is 16.6. The van der Waals surface area contributed by atoms with Crippen LogP contribution >= 0.6 is 0 Å². The number of ketones is 1. The number of hydrogen-bond donors (Lipinski definition) is 0. The second kappa shape index (κ2) is 8.17. The molecule has 0 aliphatic carbocycles. The largest absolute Gasteiger partial charge is 0.493 e. The molecule has 0 saturated heterocycles. The van der Waals surface area contributed by atoms with Crippen LogP contribution in [0, 0.1) is 10.1 Å². The van der Waals surface area contributed by atoms with E-state index >= 15 is 0 Å². The van der Waals surface area contributed by atoms with Crippen LogP contribution in [0.5, 0.6) is 23.0 Å². The Morgan fingerprint density at radius 2 is 1.59 bits per heavy atom. The van der Waals surface area contributed by atoms with Crippen LogP contribution in [0.1, 0.15) is 27.6 Å². The Kier molecular flexibility index (Phi) is 5.96. The van der Waals surface area contributed by atoms with Gasteiger partial charge in [-0.2, -0.15) is 0 Å². The number of esters is 1. The van der Waals surface area contributed by atoms with Crippen molar-refractivity contribution in [2.75, 3.05) is 21.3 Å². The predicted octanol–water partition coefficient (Wildman–Crippen LogP) is 3.04. The quantitative estimate of drug-likeness (QED) is 0.238. The molecule has 9 heteroatoms. The Labute approximate surface area is 154 Å². The van der Waals surface area contributed by atoms with E-state index in [1.807, 2.05) is 0 Å². The van der Waals surface area contributed by atoms with Gasteiger partial charge in [-0.25, -0.2) is 4.79 Å². The average molecular weight is 375 g/mol. The van der Waals surface area contributed by atoms with Crippen molar-refractivity contribution in [3.63, 3.8) is 0 Å². The number of Topliss-reactive ketones (excluding diaryl/α,β-unsaturated/α-hetero) is 1. The minimum Gasteiger partial charge on any atom is -0.493 e. The average Bonchev–Trinajstić information content (AvgIpc) is 2.66. The zero-order valence-corrected chi connectivity index (χ0v) is 15.1. The van der Waals surface area contributed by atoms with Gasteiger partial charge in [-0.05, 0) is 25.1 Å². The molecule has 2 rings (SSSR count). The van der Waals surface area contributed by atoms with E-state index < -0.39 is 10.9 Å². The molecule has 2 aromatic rings. The van der Waals surface area contributed by atoms with Gasteiger partial charge in [0.15, 0.2) is 23.0 Å². The normalized spacial score (nSPS) is 10.1. The lowest BCUT2D eigenvalue weighted by molar-refractivity contribution is -0.385. The fraction of sp³-hybridized carbons (Fsp3) is 0.222. The van der Waals surface area contributed by atoms with Crippen LogP contribution < -0.4 is 18.9 Å². The molecule has 27 heavy (non-hydrogen) atoms. The Hall–Kier alpha value is -3.62. The van der Waals surface area contributed by atoms with Crippen molar-refractivity contribution in [1.82, 2.24) is 0 Å². The van der Waals surface area contributed by atoms with Gasteiger partial charge in [0.1, 0.15) is 0 Å².